The largest absolute Gasteiger partial charge is 0.416 e. The van der Waals surface area contributed by atoms with Gasteiger partial charge in [-0.05, 0) is 44.2 Å². The lowest BCUT2D eigenvalue weighted by molar-refractivity contribution is -0.138. The average molecular weight is 373 g/mol. The molecule has 146 valence electrons. The summed E-state index contributed by atoms with van der Waals surface area (Å²) in [7, 11) is 0. The number of aromatic nitrogens is 1. The quantitative estimate of drug-likeness (QED) is 0.799. The number of hydrogen-bond acceptors (Lipinski definition) is 3. The predicted molar refractivity (Wildman–Crippen MR) is 92.7 cm³/mol. The van der Waals surface area contributed by atoms with E-state index >= 15 is 0 Å². The first-order valence-corrected chi connectivity index (χ1v) is 8.86. The number of nitrogens with two attached hydrogens (primary N) is 1. The molecule has 5 nitrogen and oxygen atoms in total. The van der Waals surface area contributed by atoms with Crippen LogP contribution in [0.1, 0.15) is 50.8 Å². The lowest BCUT2D eigenvalue weighted by atomic mass is 10.00. The van der Waals surface area contributed by atoms with E-state index < -0.39 is 29.2 Å². The van der Waals surface area contributed by atoms with Gasteiger partial charge in [-0.3, -0.25) is 9.59 Å². The van der Waals surface area contributed by atoms with Gasteiger partial charge in [0.25, 0.3) is 5.56 Å². The lowest BCUT2D eigenvalue weighted by Crippen LogP contribution is -2.46. The van der Waals surface area contributed by atoms with Crippen molar-refractivity contribution in [3.63, 3.8) is 0 Å². The topological polar surface area (TPSA) is 68.3 Å². The summed E-state index contributed by atoms with van der Waals surface area (Å²) in [6.07, 6.45) is -1.96. The molecule has 2 atom stereocenters. The highest BCUT2D eigenvalue weighted by atomic mass is 19.4. The Morgan fingerprint density at radius 3 is 2.46 bits per heavy atom. The Morgan fingerprint density at radius 1 is 1.38 bits per heavy atom. The van der Waals surface area contributed by atoms with Gasteiger partial charge < -0.3 is 15.2 Å². The van der Waals surface area contributed by atoms with Gasteiger partial charge in [-0.15, -0.1) is 0 Å². The fourth-order valence-electron chi connectivity index (χ4n) is 3.28. The Hall–Kier alpha value is -1.83. The molecule has 1 aromatic rings. The molecule has 0 radical (unpaired) electrons. The zero-order valence-electron chi connectivity index (χ0n) is 15.3. The van der Waals surface area contributed by atoms with Crippen molar-refractivity contribution in [2.24, 2.45) is 11.7 Å². The van der Waals surface area contributed by atoms with Gasteiger partial charge in [-0.25, -0.2) is 0 Å². The van der Waals surface area contributed by atoms with Crippen molar-refractivity contribution in [3.05, 3.63) is 33.7 Å². The van der Waals surface area contributed by atoms with E-state index in [0.29, 0.717) is 25.1 Å². The third-order valence-electron chi connectivity index (χ3n) is 4.95. The van der Waals surface area contributed by atoms with Gasteiger partial charge in [0.15, 0.2) is 0 Å². The first kappa shape index (κ1) is 20.5. The number of pyridine rings is 1. The van der Waals surface area contributed by atoms with Crippen LogP contribution in [0.3, 0.4) is 0 Å². The van der Waals surface area contributed by atoms with Crippen molar-refractivity contribution < 1.29 is 18.0 Å². The number of halogens is 3. The van der Waals surface area contributed by atoms with Gasteiger partial charge in [0, 0.05) is 24.8 Å². The van der Waals surface area contributed by atoms with Crippen LogP contribution in [0, 0.1) is 5.92 Å². The monoisotopic (exact) mass is 373 g/mol. The molecule has 26 heavy (non-hydrogen) atoms. The summed E-state index contributed by atoms with van der Waals surface area (Å²) < 4.78 is 41.2. The molecule has 2 unspecified atom stereocenters. The van der Waals surface area contributed by atoms with Crippen LogP contribution in [0.25, 0.3) is 0 Å². The van der Waals surface area contributed by atoms with Crippen LogP contribution in [0.5, 0.6) is 0 Å². The van der Waals surface area contributed by atoms with E-state index in [2.05, 4.69) is 4.90 Å². The molecule has 8 heteroatoms. The molecule has 1 aromatic heterocycles. The second kappa shape index (κ2) is 7.82. The standard InChI is InChI=1S/C18H26F3N3O2/c1-11(2)8-15(17(22)26)24-10-13(5-7-23-6-4-12(23)3)14(9-16(24)25)18(19,20)21/h9-12,15H,4-8H2,1-3H3,(H2,22,26). The molecule has 1 aliphatic heterocycles. The average Bonchev–Trinajstić information content (AvgIpc) is 2.51. The van der Waals surface area contributed by atoms with Crippen LogP contribution in [-0.2, 0) is 17.4 Å². The molecule has 1 saturated heterocycles. The molecule has 0 saturated carbocycles. The molecule has 1 amide bonds. The third kappa shape index (κ3) is 4.66. The van der Waals surface area contributed by atoms with E-state index in [1.165, 1.54) is 6.20 Å². The summed E-state index contributed by atoms with van der Waals surface area (Å²) in [5.74, 6) is -0.657. The zero-order chi connectivity index (χ0) is 19.6. The van der Waals surface area contributed by atoms with Crippen molar-refractivity contribution >= 4 is 5.91 Å². The Labute approximate surface area is 151 Å². The van der Waals surface area contributed by atoms with Gasteiger partial charge in [0.1, 0.15) is 6.04 Å². The molecule has 2 N–H and O–H groups in total. The summed E-state index contributed by atoms with van der Waals surface area (Å²) in [6.45, 7) is 7.09. The number of carbonyl (C=O) groups excluding carboxylic acids is 1. The van der Waals surface area contributed by atoms with Crippen molar-refractivity contribution in [3.8, 4) is 0 Å². The first-order valence-electron chi connectivity index (χ1n) is 8.86. The smallest absolute Gasteiger partial charge is 0.368 e. The van der Waals surface area contributed by atoms with E-state index in [0.717, 1.165) is 17.5 Å². The molecular formula is C18H26F3N3O2. The molecule has 2 heterocycles. The number of nitrogens with zero attached hydrogens (tertiary/aromatic N) is 2. The Kier molecular flexibility index (Phi) is 6.16. The maximum Gasteiger partial charge on any atom is 0.416 e. The molecule has 1 fully saturated rings. The summed E-state index contributed by atoms with van der Waals surface area (Å²) in [4.78, 5) is 26.1. The molecule has 0 aromatic carbocycles. The van der Waals surface area contributed by atoms with Crippen molar-refractivity contribution in [2.45, 2.75) is 58.3 Å². The minimum atomic E-state index is -4.62. The van der Waals surface area contributed by atoms with E-state index in [4.69, 9.17) is 5.73 Å². The number of alkyl halides is 3. The van der Waals surface area contributed by atoms with Crippen molar-refractivity contribution in [1.29, 1.82) is 0 Å². The number of carbonyl (C=O) groups is 1. The second-order valence-corrected chi connectivity index (χ2v) is 7.43. The first-order chi connectivity index (χ1) is 12.0. The molecule has 0 spiro atoms. The Bertz CT molecular complexity index is 713. The second-order valence-electron chi connectivity index (χ2n) is 7.43. The van der Waals surface area contributed by atoms with Crippen molar-refractivity contribution in [2.75, 3.05) is 13.1 Å². The highest BCUT2D eigenvalue weighted by Gasteiger charge is 2.35. The number of primary amides is 1. The maximum absolute atomic E-state index is 13.4. The van der Waals surface area contributed by atoms with Gasteiger partial charge in [-0.2, -0.15) is 13.2 Å². The fraction of sp³-hybridized carbons (Fsp3) is 0.667. The Balaban J connectivity index is 2.41. The van der Waals surface area contributed by atoms with Crippen molar-refractivity contribution in [1.82, 2.24) is 9.47 Å². The molecule has 0 aliphatic carbocycles. The minimum Gasteiger partial charge on any atom is -0.368 e. The fourth-order valence-corrected chi connectivity index (χ4v) is 3.28. The summed E-state index contributed by atoms with van der Waals surface area (Å²) in [5.41, 5.74) is 3.63. The van der Waals surface area contributed by atoms with Crippen LogP contribution in [-0.4, -0.2) is 34.5 Å². The van der Waals surface area contributed by atoms with E-state index in [9.17, 15) is 22.8 Å². The molecule has 1 aliphatic rings. The van der Waals surface area contributed by atoms with Gasteiger partial charge in [-0.1, -0.05) is 13.8 Å². The van der Waals surface area contributed by atoms with Gasteiger partial charge >= 0.3 is 6.18 Å². The number of rotatable bonds is 7. The van der Waals surface area contributed by atoms with Crippen LogP contribution in [0.15, 0.2) is 17.1 Å². The Morgan fingerprint density at radius 2 is 2.04 bits per heavy atom. The minimum absolute atomic E-state index is 0.0196. The zero-order valence-corrected chi connectivity index (χ0v) is 15.3. The summed E-state index contributed by atoms with van der Waals surface area (Å²) in [5, 5.41) is 0. The molecular weight excluding hydrogens is 347 g/mol. The maximum atomic E-state index is 13.4. The third-order valence-corrected chi connectivity index (χ3v) is 4.95. The lowest BCUT2D eigenvalue weighted by Gasteiger charge is -2.38. The number of amides is 1. The predicted octanol–water partition coefficient (Wildman–Crippen LogP) is 2.58. The van der Waals surface area contributed by atoms with E-state index in [1.807, 2.05) is 20.8 Å². The number of likely N-dealkylation sites (tertiary alicyclic amines) is 1. The number of hydrogen-bond donors (Lipinski definition) is 1. The van der Waals surface area contributed by atoms with Gasteiger partial charge in [0.05, 0.1) is 5.56 Å². The van der Waals surface area contributed by atoms with Crippen LogP contribution < -0.4 is 11.3 Å². The van der Waals surface area contributed by atoms with Crippen LogP contribution in [0.2, 0.25) is 0 Å². The molecule has 0 bridgehead atoms. The SMILES string of the molecule is CC(C)CC(C(N)=O)n1cc(CCN2CCC2C)c(C(F)(F)F)cc1=O. The summed E-state index contributed by atoms with van der Waals surface area (Å²) >= 11 is 0. The highest BCUT2D eigenvalue weighted by molar-refractivity contribution is 5.78. The highest BCUT2D eigenvalue weighted by Crippen LogP contribution is 2.32. The molecule has 2 rings (SSSR count). The van der Waals surface area contributed by atoms with E-state index in [-0.39, 0.29) is 17.9 Å². The van der Waals surface area contributed by atoms with E-state index in [1.54, 1.807) is 0 Å². The van der Waals surface area contributed by atoms with Crippen LogP contribution in [0.4, 0.5) is 13.2 Å². The van der Waals surface area contributed by atoms with Crippen LogP contribution >= 0.6 is 0 Å². The summed E-state index contributed by atoms with van der Waals surface area (Å²) in [6, 6.07) is -0.00785. The van der Waals surface area contributed by atoms with Gasteiger partial charge in [0.2, 0.25) is 5.91 Å². The normalized spacial score (nSPS) is 19.4.